The Morgan fingerprint density at radius 2 is 2.14 bits per heavy atom. The molecule has 1 saturated carbocycles. The molecule has 0 spiro atoms. The zero-order chi connectivity index (χ0) is 10.6. The van der Waals surface area contributed by atoms with Gasteiger partial charge in [-0.2, -0.15) is 0 Å². The third-order valence-corrected chi connectivity index (χ3v) is 3.71. The number of rotatable bonds is 5. The van der Waals surface area contributed by atoms with Crippen molar-refractivity contribution in [2.24, 2.45) is 11.8 Å². The molecule has 14 heavy (non-hydrogen) atoms. The molecule has 1 aliphatic carbocycles. The summed E-state index contributed by atoms with van der Waals surface area (Å²) in [5, 5.41) is 13.2. The minimum Gasteiger partial charge on any atom is -0.389 e. The highest BCUT2D eigenvalue weighted by molar-refractivity contribution is 4.79. The van der Waals surface area contributed by atoms with E-state index >= 15 is 0 Å². The lowest BCUT2D eigenvalue weighted by atomic mass is 9.97. The first-order chi connectivity index (χ1) is 6.55. The summed E-state index contributed by atoms with van der Waals surface area (Å²) in [7, 11) is 0. The molecule has 1 rings (SSSR count). The highest BCUT2D eigenvalue weighted by atomic mass is 16.3. The van der Waals surface area contributed by atoms with Crippen LogP contribution in [0.4, 0.5) is 0 Å². The fourth-order valence-electron chi connectivity index (χ4n) is 2.18. The van der Waals surface area contributed by atoms with Crippen molar-refractivity contribution in [2.45, 2.75) is 52.1 Å². The molecule has 0 aromatic heterocycles. The molecule has 0 aliphatic heterocycles. The largest absolute Gasteiger partial charge is 0.389 e. The van der Waals surface area contributed by atoms with Crippen LogP contribution >= 0.6 is 0 Å². The summed E-state index contributed by atoms with van der Waals surface area (Å²) in [6, 6.07) is 0. The summed E-state index contributed by atoms with van der Waals surface area (Å²) in [6.07, 6.45) is 4.96. The molecule has 0 bridgehead atoms. The van der Waals surface area contributed by atoms with E-state index in [0.717, 1.165) is 31.3 Å². The van der Waals surface area contributed by atoms with Crippen LogP contribution in [0.5, 0.6) is 0 Å². The molecular formula is C12H25NO. The van der Waals surface area contributed by atoms with Gasteiger partial charge in [0.25, 0.3) is 0 Å². The van der Waals surface area contributed by atoms with Gasteiger partial charge in [-0.1, -0.05) is 26.7 Å². The molecule has 2 N–H and O–H groups in total. The normalized spacial score (nSPS) is 31.7. The molecule has 1 fully saturated rings. The van der Waals surface area contributed by atoms with Gasteiger partial charge < -0.3 is 10.4 Å². The van der Waals surface area contributed by atoms with Crippen molar-refractivity contribution in [3.8, 4) is 0 Å². The van der Waals surface area contributed by atoms with Gasteiger partial charge in [-0.25, -0.2) is 0 Å². The van der Waals surface area contributed by atoms with Crippen LogP contribution < -0.4 is 5.32 Å². The van der Waals surface area contributed by atoms with E-state index in [1.165, 1.54) is 19.3 Å². The van der Waals surface area contributed by atoms with E-state index in [2.05, 4.69) is 12.2 Å². The topological polar surface area (TPSA) is 32.3 Å². The summed E-state index contributed by atoms with van der Waals surface area (Å²) in [6.45, 7) is 8.08. The smallest absolute Gasteiger partial charge is 0.0740 e. The molecule has 3 unspecified atom stereocenters. The molecule has 1 aliphatic rings. The Morgan fingerprint density at radius 1 is 1.43 bits per heavy atom. The maximum atomic E-state index is 9.80. The van der Waals surface area contributed by atoms with Crippen LogP contribution in [0.25, 0.3) is 0 Å². The zero-order valence-electron chi connectivity index (χ0n) is 9.84. The highest BCUT2D eigenvalue weighted by Crippen LogP contribution is 2.30. The lowest BCUT2D eigenvalue weighted by Gasteiger charge is -2.24. The van der Waals surface area contributed by atoms with E-state index < -0.39 is 5.60 Å². The molecule has 84 valence electrons. The Bertz CT molecular complexity index is 168. The number of nitrogens with one attached hydrogen (secondary N) is 1. The third kappa shape index (κ3) is 3.58. The van der Waals surface area contributed by atoms with Crippen LogP contribution in [0.3, 0.4) is 0 Å². The van der Waals surface area contributed by atoms with Gasteiger partial charge in [-0.15, -0.1) is 0 Å². The Kier molecular flexibility index (Phi) is 4.39. The van der Waals surface area contributed by atoms with Crippen LogP contribution in [0, 0.1) is 11.8 Å². The fraction of sp³-hybridized carbons (Fsp3) is 1.00. The fourth-order valence-corrected chi connectivity index (χ4v) is 2.18. The standard InChI is InChI=1S/C12H25NO/c1-4-12(3,14)9-13-8-11-7-5-6-10(11)2/h10-11,13-14H,4-9H2,1-3H3. The van der Waals surface area contributed by atoms with E-state index in [9.17, 15) is 5.11 Å². The predicted octanol–water partition coefficient (Wildman–Crippen LogP) is 2.17. The molecule has 2 nitrogen and oxygen atoms in total. The first-order valence-corrected chi connectivity index (χ1v) is 5.98. The quantitative estimate of drug-likeness (QED) is 0.711. The lowest BCUT2D eigenvalue weighted by molar-refractivity contribution is 0.0545. The number of hydrogen-bond donors (Lipinski definition) is 2. The monoisotopic (exact) mass is 199 g/mol. The minimum atomic E-state index is -0.526. The second-order valence-electron chi connectivity index (χ2n) is 5.15. The van der Waals surface area contributed by atoms with Gasteiger partial charge in [0.05, 0.1) is 5.60 Å². The average molecular weight is 199 g/mol. The second-order valence-corrected chi connectivity index (χ2v) is 5.15. The van der Waals surface area contributed by atoms with E-state index in [1.807, 2.05) is 13.8 Å². The van der Waals surface area contributed by atoms with Crippen LogP contribution in [-0.2, 0) is 0 Å². The van der Waals surface area contributed by atoms with Crippen molar-refractivity contribution >= 4 is 0 Å². The van der Waals surface area contributed by atoms with Gasteiger partial charge in [0.1, 0.15) is 0 Å². The van der Waals surface area contributed by atoms with Crippen molar-refractivity contribution in [3.63, 3.8) is 0 Å². The van der Waals surface area contributed by atoms with Crippen LogP contribution in [0.1, 0.15) is 46.5 Å². The van der Waals surface area contributed by atoms with E-state index in [0.29, 0.717) is 0 Å². The van der Waals surface area contributed by atoms with Gasteiger partial charge in [0.2, 0.25) is 0 Å². The van der Waals surface area contributed by atoms with Crippen molar-refractivity contribution in [2.75, 3.05) is 13.1 Å². The molecule has 0 saturated heterocycles. The number of aliphatic hydroxyl groups is 1. The maximum Gasteiger partial charge on any atom is 0.0740 e. The van der Waals surface area contributed by atoms with Crippen LogP contribution in [-0.4, -0.2) is 23.8 Å². The van der Waals surface area contributed by atoms with Crippen LogP contribution in [0.15, 0.2) is 0 Å². The Hall–Kier alpha value is -0.0800. The lowest BCUT2D eigenvalue weighted by Crippen LogP contribution is -2.39. The van der Waals surface area contributed by atoms with Gasteiger partial charge in [-0.05, 0) is 38.1 Å². The van der Waals surface area contributed by atoms with Gasteiger partial charge in [-0.3, -0.25) is 0 Å². The van der Waals surface area contributed by atoms with Gasteiger partial charge >= 0.3 is 0 Å². The maximum absolute atomic E-state index is 9.80. The van der Waals surface area contributed by atoms with E-state index in [4.69, 9.17) is 0 Å². The second kappa shape index (κ2) is 5.13. The molecule has 0 radical (unpaired) electrons. The predicted molar refractivity (Wildman–Crippen MR) is 60.3 cm³/mol. The van der Waals surface area contributed by atoms with E-state index in [1.54, 1.807) is 0 Å². The molecule has 2 heteroatoms. The first-order valence-electron chi connectivity index (χ1n) is 5.98. The summed E-state index contributed by atoms with van der Waals surface area (Å²) in [4.78, 5) is 0. The third-order valence-electron chi connectivity index (χ3n) is 3.71. The molecule has 0 amide bonds. The minimum absolute atomic E-state index is 0.526. The molecule has 0 aromatic carbocycles. The van der Waals surface area contributed by atoms with Crippen molar-refractivity contribution in [1.82, 2.24) is 5.32 Å². The van der Waals surface area contributed by atoms with Crippen molar-refractivity contribution < 1.29 is 5.11 Å². The average Bonchev–Trinajstić information content (AvgIpc) is 2.52. The Balaban J connectivity index is 2.15. The molecule has 0 aromatic rings. The van der Waals surface area contributed by atoms with Gasteiger partial charge in [0.15, 0.2) is 0 Å². The molecular weight excluding hydrogens is 174 g/mol. The van der Waals surface area contributed by atoms with E-state index in [-0.39, 0.29) is 0 Å². The van der Waals surface area contributed by atoms with Crippen LogP contribution in [0.2, 0.25) is 0 Å². The Labute approximate surface area is 88.1 Å². The molecule has 0 heterocycles. The SMILES string of the molecule is CCC(C)(O)CNCC1CCCC1C. The summed E-state index contributed by atoms with van der Waals surface area (Å²) < 4.78 is 0. The summed E-state index contributed by atoms with van der Waals surface area (Å²) >= 11 is 0. The van der Waals surface area contributed by atoms with Gasteiger partial charge in [0, 0.05) is 6.54 Å². The summed E-state index contributed by atoms with van der Waals surface area (Å²) in [5.74, 6) is 1.71. The Morgan fingerprint density at radius 3 is 2.64 bits per heavy atom. The first kappa shape index (κ1) is 12.0. The number of hydrogen-bond acceptors (Lipinski definition) is 2. The van der Waals surface area contributed by atoms with Crippen molar-refractivity contribution in [1.29, 1.82) is 0 Å². The van der Waals surface area contributed by atoms with Crippen molar-refractivity contribution in [3.05, 3.63) is 0 Å². The zero-order valence-corrected chi connectivity index (χ0v) is 9.84. The molecule has 3 atom stereocenters. The summed E-state index contributed by atoms with van der Waals surface area (Å²) in [5.41, 5.74) is -0.526. The highest BCUT2D eigenvalue weighted by Gasteiger charge is 2.24.